The second kappa shape index (κ2) is 7.78. The number of aliphatic imine (C=N–C) groups is 1. The minimum Gasteiger partial charge on any atom is -0.356 e. The van der Waals surface area contributed by atoms with Crippen LogP contribution in [0.15, 0.2) is 27.1 Å². The second-order valence-electron chi connectivity index (χ2n) is 5.20. The molecule has 0 saturated carbocycles. The highest BCUT2D eigenvalue weighted by atomic mass is 79.9. The number of nitrogens with zero attached hydrogens (tertiary/aromatic N) is 4. The molecule has 120 valence electrons. The summed E-state index contributed by atoms with van der Waals surface area (Å²) in [7, 11) is 5.91. The van der Waals surface area contributed by atoms with Gasteiger partial charge in [-0.1, -0.05) is 0 Å². The number of thiazole rings is 1. The van der Waals surface area contributed by atoms with Gasteiger partial charge in [-0.2, -0.15) is 0 Å². The number of hydrogen-bond acceptors (Lipinski definition) is 3. The summed E-state index contributed by atoms with van der Waals surface area (Å²) < 4.78 is 3.21. The van der Waals surface area contributed by atoms with Gasteiger partial charge in [-0.25, -0.2) is 4.98 Å². The van der Waals surface area contributed by atoms with E-state index in [4.69, 9.17) is 0 Å². The van der Waals surface area contributed by atoms with Crippen molar-refractivity contribution in [1.29, 1.82) is 0 Å². The van der Waals surface area contributed by atoms with Crippen LogP contribution in [0.4, 0.5) is 0 Å². The first-order chi connectivity index (χ1) is 10.5. The monoisotopic (exact) mass is 383 g/mol. The third-order valence-electron chi connectivity index (χ3n) is 3.38. The lowest BCUT2D eigenvalue weighted by molar-refractivity contribution is 0.462. The normalized spacial score (nSPS) is 11.8. The largest absolute Gasteiger partial charge is 0.356 e. The Morgan fingerprint density at radius 2 is 2.32 bits per heavy atom. The van der Waals surface area contributed by atoms with E-state index in [-0.39, 0.29) is 0 Å². The van der Waals surface area contributed by atoms with Crippen molar-refractivity contribution in [3.8, 4) is 0 Å². The SMILES string of the molecule is CN=C(NCCc1csc(C)n1)N(C)Cc1cc(Br)cn1C. The highest BCUT2D eigenvalue weighted by Gasteiger charge is 2.09. The number of halogens is 1. The van der Waals surface area contributed by atoms with Crippen LogP contribution in [0.2, 0.25) is 0 Å². The van der Waals surface area contributed by atoms with Gasteiger partial charge in [0.2, 0.25) is 0 Å². The standard InChI is InChI=1S/C15H22BrN5S/c1-11-19-13(10-22-11)5-6-18-15(17-2)21(4)9-14-7-12(16)8-20(14)3/h7-8,10H,5-6,9H2,1-4H3,(H,17,18). The van der Waals surface area contributed by atoms with Crippen LogP contribution in [-0.4, -0.2) is 41.1 Å². The van der Waals surface area contributed by atoms with Gasteiger partial charge in [0.15, 0.2) is 5.96 Å². The average Bonchev–Trinajstić information content (AvgIpc) is 3.01. The van der Waals surface area contributed by atoms with Gasteiger partial charge in [0.1, 0.15) is 0 Å². The fourth-order valence-electron chi connectivity index (χ4n) is 2.25. The predicted octanol–water partition coefficient (Wildman–Crippen LogP) is 2.80. The summed E-state index contributed by atoms with van der Waals surface area (Å²) in [5.74, 6) is 0.893. The zero-order chi connectivity index (χ0) is 16.1. The number of aryl methyl sites for hydroxylation is 2. The third-order valence-corrected chi connectivity index (χ3v) is 4.63. The zero-order valence-corrected chi connectivity index (χ0v) is 15.8. The van der Waals surface area contributed by atoms with Crippen LogP contribution in [0.3, 0.4) is 0 Å². The van der Waals surface area contributed by atoms with Crippen molar-refractivity contribution in [2.75, 3.05) is 20.6 Å². The summed E-state index contributed by atoms with van der Waals surface area (Å²) >= 11 is 5.20. The van der Waals surface area contributed by atoms with Crippen molar-refractivity contribution >= 4 is 33.2 Å². The Hall–Kier alpha value is -1.34. The van der Waals surface area contributed by atoms with Gasteiger partial charge in [-0.05, 0) is 28.9 Å². The average molecular weight is 384 g/mol. The summed E-state index contributed by atoms with van der Waals surface area (Å²) in [6.45, 7) is 3.67. The van der Waals surface area contributed by atoms with Gasteiger partial charge in [-0.15, -0.1) is 11.3 Å². The molecule has 0 fully saturated rings. The molecule has 0 aliphatic rings. The molecule has 2 rings (SSSR count). The fraction of sp³-hybridized carbons (Fsp3) is 0.467. The summed E-state index contributed by atoms with van der Waals surface area (Å²) in [4.78, 5) is 10.9. The maximum Gasteiger partial charge on any atom is 0.193 e. The Balaban J connectivity index is 1.86. The molecular formula is C15H22BrN5S. The molecule has 2 aromatic heterocycles. The van der Waals surface area contributed by atoms with Crippen molar-refractivity contribution in [2.45, 2.75) is 19.9 Å². The number of rotatable bonds is 5. The minimum atomic E-state index is 0.803. The van der Waals surface area contributed by atoms with Gasteiger partial charge in [0.05, 0.1) is 17.2 Å². The molecule has 1 N–H and O–H groups in total. The predicted molar refractivity (Wildman–Crippen MR) is 96.5 cm³/mol. The molecule has 22 heavy (non-hydrogen) atoms. The van der Waals surface area contributed by atoms with Crippen LogP contribution < -0.4 is 5.32 Å². The zero-order valence-electron chi connectivity index (χ0n) is 13.4. The molecule has 5 nitrogen and oxygen atoms in total. The fourth-order valence-corrected chi connectivity index (χ4v) is 3.47. The second-order valence-corrected chi connectivity index (χ2v) is 7.18. The Labute approximate surface area is 144 Å². The Bertz CT molecular complexity index is 646. The molecule has 0 spiro atoms. The highest BCUT2D eigenvalue weighted by Crippen LogP contribution is 2.15. The van der Waals surface area contributed by atoms with E-state index in [2.05, 4.69) is 65.4 Å². The number of aromatic nitrogens is 2. The van der Waals surface area contributed by atoms with Crippen LogP contribution >= 0.6 is 27.3 Å². The van der Waals surface area contributed by atoms with Crippen molar-refractivity contribution in [3.05, 3.63) is 38.5 Å². The van der Waals surface area contributed by atoms with Crippen LogP contribution in [-0.2, 0) is 20.0 Å². The number of hydrogen-bond donors (Lipinski definition) is 1. The molecule has 2 aromatic rings. The van der Waals surface area contributed by atoms with Gasteiger partial charge in [-0.3, -0.25) is 4.99 Å². The quantitative estimate of drug-likeness (QED) is 0.637. The Morgan fingerprint density at radius 1 is 1.55 bits per heavy atom. The van der Waals surface area contributed by atoms with Gasteiger partial charge in [0.25, 0.3) is 0 Å². The Morgan fingerprint density at radius 3 is 2.86 bits per heavy atom. The summed E-state index contributed by atoms with van der Waals surface area (Å²) in [5, 5.41) is 6.63. The molecule has 0 atom stereocenters. The van der Waals surface area contributed by atoms with Crippen molar-refractivity contribution in [1.82, 2.24) is 19.8 Å². The van der Waals surface area contributed by atoms with E-state index in [1.54, 1.807) is 11.3 Å². The van der Waals surface area contributed by atoms with Crippen LogP contribution in [0, 0.1) is 6.92 Å². The first kappa shape index (κ1) is 17.0. The lowest BCUT2D eigenvalue weighted by Crippen LogP contribution is -2.39. The molecule has 0 radical (unpaired) electrons. The molecule has 0 saturated heterocycles. The molecule has 0 unspecified atom stereocenters. The van der Waals surface area contributed by atoms with Crippen molar-refractivity contribution < 1.29 is 0 Å². The third kappa shape index (κ3) is 4.58. The lowest BCUT2D eigenvalue weighted by atomic mass is 10.3. The van der Waals surface area contributed by atoms with Crippen LogP contribution in [0.1, 0.15) is 16.4 Å². The van der Waals surface area contributed by atoms with Crippen molar-refractivity contribution in [2.24, 2.45) is 12.0 Å². The van der Waals surface area contributed by atoms with Crippen LogP contribution in [0.5, 0.6) is 0 Å². The topological polar surface area (TPSA) is 45.5 Å². The number of guanidine groups is 1. The van der Waals surface area contributed by atoms with E-state index >= 15 is 0 Å². The van der Waals surface area contributed by atoms with Gasteiger partial charge in [0, 0.05) is 55.9 Å². The van der Waals surface area contributed by atoms with Crippen molar-refractivity contribution in [3.63, 3.8) is 0 Å². The van der Waals surface area contributed by atoms with Gasteiger partial charge >= 0.3 is 0 Å². The first-order valence-electron chi connectivity index (χ1n) is 7.13. The first-order valence-corrected chi connectivity index (χ1v) is 8.80. The molecule has 0 bridgehead atoms. The molecule has 2 heterocycles. The summed E-state index contributed by atoms with van der Waals surface area (Å²) in [6, 6.07) is 2.13. The molecule has 0 aliphatic carbocycles. The molecule has 7 heteroatoms. The Kier molecular flexibility index (Phi) is 6.02. The van der Waals surface area contributed by atoms with E-state index in [1.165, 1.54) is 5.69 Å². The molecular weight excluding hydrogens is 362 g/mol. The highest BCUT2D eigenvalue weighted by molar-refractivity contribution is 9.10. The maximum atomic E-state index is 4.48. The van der Waals surface area contributed by atoms with Gasteiger partial charge < -0.3 is 14.8 Å². The molecule has 0 aliphatic heterocycles. The van der Waals surface area contributed by atoms with E-state index in [0.29, 0.717) is 0 Å². The lowest BCUT2D eigenvalue weighted by Gasteiger charge is -2.22. The molecule has 0 amide bonds. The molecule has 0 aromatic carbocycles. The van der Waals surface area contributed by atoms with E-state index in [1.807, 2.05) is 21.0 Å². The minimum absolute atomic E-state index is 0.803. The summed E-state index contributed by atoms with van der Waals surface area (Å²) in [5.41, 5.74) is 2.37. The van der Waals surface area contributed by atoms with E-state index in [0.717, 1.165) is 40.6 Å². The number of nitrogens with one attached hydrogen (secondary N) is 1. The van der Waals surface area contributed by atoms with E-state index in [9.17, 15) is 0 Å². The smallest absolute Gasteiger partial charge is 0.193 e. The van der Waals surface area contributed by atoms with E-state index < -0.39 is 0 Å². The maximum absolute atomic E-state index is 4.48. The summed E-state index contributed by atoms with van der Waals surface area (Å²) in [6.07, 6.45) is 2.97. The van der Waals surface area contributed by atoms with Crippen LogP contribution in [0.25, 0.3) is 0 Å².